The first-order valence-corrected chi connectivity index (χ1v) is 10.5. The number of benzene rings is 1. The zero-order chi connectivity index (χ0) is 18.2. The molecule has 0 radical (unpaired) electrons. The van der Waals surface area contributed by atoms with E-state index in [1.54, 1.807) is 14.2 Å². The fraction of sp³-hybridized carbons (Fsp3) is 0.524. The average Bonchev–Trinajstić information content (AvgIpc) is 2.65. The van der Waals surface area contributed by atoms with Crippen LogP contribution in [0, 0.1) is 0 Å². The molecule has 4 heteroatoms. The fourth-order valence-electron chi connectivity index (χ4n) is 2.23. The van der Waals surface area contributed by atoms with Gasteiger partial charge in [-0.25, -0.2) is 0 Å². The quantitative estimate of drug-likeness (QED) is 0.278. The topological polar surface area (TPSA) is 27.7 Å². The standard InChI is InChI=1S/C21H33O3S/c1-4-24-19-20-11-13-21(14-12-20)25(17-9-5-7-15-22-2)18-10-6-8-16-23-3/h5-6,9-14H,4,7-8,15-19H2,1-3H3/q+1/b9-5-,10-6-. The van der Waals surface area contributed by atoms with Gasteiger partial charge in [-0.05, 0) is 49.6 Å². The van der Waals surface area contributed by atoms with Crippen molar-refractivity contribution in [3.8, 4) is 0 Å². The largest absolute Gasteiger partial charge is 0.384 e. The lowest BCUT2D eigenvalue weighted by atomic mass is 10.2. The van der Waals surface area contributed by atoms with Gasteiger partial charge in [0.2, 0.25) is 0 Å². The van der Waals surface area contributed by atoms with E-state index < -0.39 is 0 Å². The zero-order valence-electron chi connectivity index (χ0n) is 15.9. The summed E-state index contributed by atoms with van der Waals surface area (Å²) in [6.07, 6.45) is 11.0. The van der Waals surface area contributed by atoms with Crippen LogP contribution >= 0.6 is 0 Å². The Bertz CT molecular complexity index is 462. The molecule has 0 aliphatic rings. The third-order valence-corrected chi connectivity index (χ3v) is 5.76. The highest BCUT2D eigenvalue weighted by Gasteiger charge is 2.18. The Morgan fingerprint density at radius 1 is 0.840 bits per heavy atom. The lowest BCUT2D eigenvalue weighted by molar-refractivity contribution is 0.134. The minimum absolute atomic E-state index is 0.191. The predicted molar refractivity (Wildman–Crippen MR) is 108 cm³/mol. The lowest BCUT2D eigenvalue weighted by Crippen LogP contribution is -2.10. The van der Waals surface area contributed by atoms with Gasteiger partial charge in [-0.1, -0.05) is 24.3 Å². The molecule has 0 aliphatic carbocycles. The molecule has 0 unspecified atom stereocenters. The van der Waals surface area contributed by atoms with Crippen LogP contribution in [-0.4, -0.2) is 45.5 Å². The Morgan fingerprint density at radius 3 is 1.88 bits per heavy atom. The maximum atomic E-state index is 5.48. The maximum Gasteiger partial charge on any atom is 0.155 e. The highest BCUT2D eigenvalue weighted by Crippen LogP contribution is 2.17. The molecule has 3 nitrogen and oxygen atoms in total. The number of rotatable bonds is 14. The molecule has 140 valence electrons. The summed E-state index contributed by atoms with van der Waals surface area (Å²) in [6.45, 7) is 5.04. The first kappa shape index (κ1) is 22.0. The molecule has 0 heterocycles. The van der Waals surface area contributed by atoms with Crippen LogP contribution < -0.4 is 0 Å². The summed E-state index contributed by atoms with van der Waals surface area (Å²) in [5.74, 6) is 2.15. The molecule has 0 atom stereocenters. The average molecular weight is 366 g/mol. The van der Waals surface area contributed by atoms with Gasteiger partial charge >= 0.3 is 0 Å². The fourth-order valence-corrected chi connectivity index (χ4v) is 4.01. The number of methoxy groups -OCH3 is 2. The van der Waals surface area contributed by atoms with Gasteiger partial charge in [0.05, 0.1) is 6.61 Å². The van der Waals surface area contributed by atoms with Crippen LogP contribution in [0.5, 0.6) is 0 Å². The van der Waals surface area contributed by atoms with E-state index >= 15 is 0 Å². The Kier molecular flexibility index (Phi) is 13.4. The summed E-state index contributed by atoms with van der Waals surface area (Å²) in [5.41, 5.74) is 1.24. The molecule has 1 aromatic carbocycles. The Hall–Kier alpha value is -1.07. The van der Waals surface area contributed by atoms with Gasteiger partial charge in [0, 0.05) is 44.9 Å². The highest BCUT2D eigenvalue weighted by molar-refractivity contribution is 7.97. The number of ether oxygens (including phenoxy) is 3. The number of hydrogen-bond donors (Lipinski definition) is 0. The van der Waals surface area contributed by atoms with E-state index in [-0.39, 0.29) is 10.9 Å². The van der Waals surface area contributed by atoms with E-state index in [2.05, 4.69) is 48.6 Å². The molecule has 0 aliphatic heterocycles. The van der Waals surface area contributed by atoms with E-state index in [1.165, 1.54) is 10.5 Å². The van der Waals surface area contributed by atoms with Crippen LogP contribution in [-0.2, 0) is 31.7 Å². The molecule has 0 saturated heterocycles. The van der Waals surface area contributed by atoms with Gasteiger partial charge in [0.15, 0.2) is 4.90 Å². The van der Waals surface area contributed by atoms with Crippen molar-refractivity contribution >= 4 is 10.9 Å². The highest BCUT2D eigenvalue weighted by atomic mass is 32.2. The molecule has 0 bridgehead atoms. The van der Waals surface area contributed by atoms with Crippen LogP contribution in [0.3, 0.4) is 0 Å². The van der Waals surface area contributed by atoms with Crippen LogP contribution in [0.1, 0.15) is 25.3 Å². The third-order valence-electron chi connectivity index (χ3n) is 3.63. The van der Waals surface area contributed by atoms with Crippen LogP contribution in [0.15, 0.2) is 53.5 Å². The summed E-state index contributed by atoms with van der Waals surface area (Å²) >= 11 is 0. The smallest absolute Gasteiger partial charge is 0.155 e. The zero-order valence-corrected chi connectivity index (χ0v) is 16.7. The van der Waals surface area contributed by atoms with Crippen LogP contribution in [0.4, 0.5) is 0 Å². The molecule has 0 amide bonds. The lowest BCUT2D eigenvalue weighted by Gasteiger charge is -2.06. The molecule has 0 spiro atoms. The van der Waals surface area contributed by atoms with Crippen LogP contribution in [0.25, 0.3) is 0 Å². The molecule has 0 fully saturated rings. The van der Waals surface area contributed by atoms with E-state index in [0.29, 0.717) is 6.61 Å². The van der Waals surface area contributed by atoms with Crippen molar-refractivity contribution < 1.29 is 14.2 Å². The first-order valence-electron chi connectivity index (χ1n) is 8.93. The van der Waals surface area contributed by atoms with E-state index in [4.69, 9.17) is 14.2 Å². The second kappa shape index (κ2) is 15.2. The summed E-state index contributed by atoms with van der Waals surface area (Å²) in [7, 11) is 3.68. The molecular formula is C21H33O3S+. The minimum atomic E-state index is 0.191. The van der Waals surface area contributed by atoms with Gasteiger partial charge in [-0.2, -0.15) is 0 Å². The molecule has 1 rings (SSSR count). The van der Waals surface area contributed by atoms with Crippen molar-refractivity contribution in [2.24, 2.45) is 0 Å². The summed E-state index contributed by atoms with van der Waals surface area (Å²) < 4.78 is 15.7. The van der Waals surface area contributed by atoms with Crippen molar-refractivity contribution in [1.29, 1.82) is 0 Å². The first-order chi connectivity index (χ1) is 12.3. The molecule has 0 N–H and O–H groups in total. The molecular weight excluding hydrogens is 332 g/mol. The second-order valence-corrected chi connectivity index (χ2v) is 7.74. The van der Waals surface area contributed by atoms with Crippen LogP contribution in [0.2, 0.25) is 0 Å². The Morgan fingerprint density at radius 2 is 1.40 bits per heavy atom. The summed E-state index contributed by atoms with van der Waals surface area (Å²) in [4.78, 5) is 1.41. The van der Waals surface area contributed by atoms with Gasteiger partial charge in [0.1, 0.15) is 11.5 Å². The van der Waals surface area contributed by atoms with Crippen molar-refractivity contribution in [3.63, 3.8) is 0 Å². The normalized spacial score (nSPS) is 12.0. The Labute approximate surface area is 156 Å². The molecule has 0 aromatic heterocycles. The SMILES string of the molecule is CCOCc1ccc([S+](C/C=C\CCOC)C/C=C\CCOC)cc1. The van der Waals surface area contributed by atoms with Gasteiger partial charge in [-0.3, -0.25) is 0 Å². The van der Waals surface area contributed by atoms with Crippen molar-refractivity contribution in [1.82, 2.24) is 0 Å². The predicted octanol–water partition coefficient (Wildman–Crippen LogP) is 4.39. The third kappa shape index (κ3) is 10.5. The monoisotopic (exact) mass is 365 g/mol. The maximum absolute atomic E-state index is 5.48. The van der Waals surface area contributed by atoms with Gasteiger partial charge in [-0.15, -0.1) is 0 Å². The summed E-state index contributed by atoms with van der Waals surface area (Å²) in [6, 6.07) is 8.88. The van der Waals surface area contributed by atoms with Crippen molar-refractivity contribution in [2.75, 3.05) is 45.5 Å². The van der Waals surface area contributed by atoms with E-state index in [1.807, 2.05) is 6.92 Å². The molecule has 25 heavy (non-hydrogen) atoms. The summed E-state index contributed by atoms with van der Waals surface area (Å²) in [5, 5.41) is 0. The van der Waals surface area contributed by atoms with Gasteiger partial charge < -0.3 is 14.2 Å². The molecule has 0 saturated carbocycles. The van der Waals surface area contributed by atoms with Crippen molar-refractivity contribution in [3.05, 3.63) is 54.1 Å². The minimum Gasteiger partial charge on any atom is -0.384 e. The van der Waals surface area contributed by atoms with Gasteiger partial charge in [0.25, 0.3) is 0 Å². The van der Waals surface area contributed by atoms with E-state index in [9.17, 15) is 0 Å². The molecule has 1 aromatic rings. The number of hydrogen-bond acceptors (Lipinski definition) is 3. The second-order valence-electron chi connectivity index (χ2n) is 5.61. The van der Waals surface area contributed by atoms with Crippen molar-refractivity contribution in [2.45, 2.75) is 31.3 Å². The van der Waals surface area contributed by atoms with E-state index in [0.717, 1.165) is 44.2 Å². The Balaban J connectivity index is 2.64.